The molecule has 0 aromatic rings. The van der Waals surface area contributed by atoms with E-state index in [9.17, 15) is 4.79 Å². The molecule has 0 fully saturated rings. The summed E-state index contributed by atoms with van der Waals surface area (Å²) in [6.45, 7) is 6.12. The van der Waals surface area contributed by atoms with Gasteiger partial charge < -0.3 is 5.73 Å². The summed E-state index contributed by atoms with van der Waals surface area (Å²) < 4.78 is 0. The maximum absolute atomic E-state index is 10.8. The fourth-order valence-corrected chi connectivity index (χ4v) is 0.375. The SMILES string of the molecule is CC(C)(C)C(=O)C[NH3+]. The lowest BCUT2D eigenvalue weighted by Gasteiger charge is -2.12. The number of ketones is 1. The predicted molar refractivity (Wildman–Crippen MR) is 32.2 cm³/mol. The van der Waals surface area contributed by atoms with Crippen LogP contribution in [0.5, 0.6) is 0 Å². The molecule has 0 spiro atoms. The quantitative estimate of drug-likeness (QED) is 0.508. The van der Waals surface area contributed by atoms with Gasteiger partial charge in [-0.2, -0.15) is 0 Å². The van der Waals surface area contributed by atoms with Crippen molar-refractivity contribution in [3.8, 4) is 0 Å². The Morgan fingerprint density at radius 2 is 1.88 bits per heavy atom. The van der Waals surface area contributed by atoms with E-state index in [4.69, 9.17) is 0 Å². The summed E-state index contributed by atoms with van der Waals surface area (Å²) in [6, 6.07) is 0. The molecular weight excluding hydrogens is 102 g/mol. The van der Waals surface area contributed by atoms with E-state index < -0.39 is 0 Å². The zero-order valence-electron chi connectivity index (χ0n) is 5.82. The summed E-state index contributed by atoms with van der Waals surface area (Å²) in [5.74, 6) is 0.220. The highest BCUT2D eigenvalue weighted by atomic mass is 16.1. The van der Waals surface area contributed by atoms with E-state index in [1.54, 1.807) is 0 Å². The molecule has 0 rings (SSSR count). The molecule has 0 saturated heterocycles. The summed E-state index contributed by atoms with van der Waals surface area (Å²) in [6.07, 6.45) is 0. The van der Waals surface area contributed by atoms with E-state index in [1.807, 2.05) is 20.8 Å². The van der Waals surface area contributed by atoms with Gasteiger partial charge in [-0.3, -0.25) is 4.79 Å². The first-order valence-corrected chi connectivity index (χ1v) is 2.81. The van der Waals surface area contributed by atoms with Crippen LogP contribution >= 0.6 is 0 Å². The maximum atomic E-state index is 10.8. The Balaban J connectivity index is 3.82. The van der Waals surface area contributed by atoms with E-state index in [2.05, 4.69) is 5.73 Å². The standard InChI is InChI=1S/C6H13NO/c1-6(2,3)5(8)4-7/h4,7H2,1-3H3/p+1. The van der Waals surface area contributed by atoms with Gasteiger partial charge in [-0.15, -0.1) is 0 Å². The first kappa shape index (κ1) is 7.63. The monoisotopic (exact) mass is 116 g/mol. The Kier molecular flexibility index (Phi) is 2.16. The van der Waals surface area contributed by atoms with Gasteiger partial charge >= 0.3 is 0 Å². The molecule has 0 aliphatic carbocycles. The molecule has 0 aliphatic heterocycles. The van der Waals surface area contributed by atoms with Crippen molar-refractivity contribution in [2.45, 2.75) is 20.8 Å². The molecule has 0 bridgehead atoms. The van der Waals surface area contributed by atoms with E-state index in [0.29, 0.717) is 6.54 Å². The molecule has 0 saturated carbocycles. The van der Waals surface area contributed by atoms with E-state index in [1.165, 1.54) is 0 Å². The summed E-state index contributed by atoms with van der Waals surface area (Å²) >= 11 is 0. The van der Waals surface area contributed by atoms with Gasteiger partial charge in [0.2, 0.25) is 0 Å². The van der Waals surface area contributed by atoms with Crippen LogP contribution in [0.3, 0.4) is 0 Å². The third kappa shape index (κ3) is 2.07. The lowest BCUT2D eigenvalue weighted by atomic mass is 9.91. The zero-order chi connectivity index (χ0) is 6.78. The van der Waals surface area contributed by atoms with Crippen molar-refractivity contribution < 1.29 is 10.5 Å². The van der Waals surface area contributed by atoms with Crippen LogP contribution in [0.2, 0.25) is 0 Å². The van der Waals surface area contributed by atoms with E-state index >= 15 is 0 Å². The maximum Gasteiger partial charge on any atom is 0.191 e. The summed E-state index contributed by atoms with van der Waals surface area (Å²) in [7, 11) is 0. The fourth-order valence-electron chi connectivity index (χ4n) is 0.375. The van der Waals surface area contributed by atoms with Gasteiger partial charge in [0.05, 0.1) is 0 Å². The Hall–Kier alpha value is -0.370. The average molecular weight is 116 g/mol. The van der Waals surface area contributed by atoms with Crippen LogP contribution in [0.4, 0.5) is 0 Å². The van der Waals surface area contributed by atoms with Crippen LogP contribution in [0.15, 0.2) is 0 Å². The number of hydrogen-bond donors (Lipinski definition) is 1. The van der Waals surface area contributed by atoms with Crippen LogP contribution in [0, 0.1) is 5.41 Å². The molecule has 3 N–H and O–H groups in total. The van der Waals surface area contributed by atoms with Gasteiger partial charge in [-0.25, -0.2) is 0 Å². The van der Waals surface area contributed by atoms with Crippen LogP contribution < -0.4 is 5.73 Å². The van der Waals surface area contributed by atoms with Gasteiger partial charge in [0.1, 0.15) is 6.54 Å². The number of hydrogen-bond acceptors (Lipinski definition) is 1. The summed E-state index contributed by atoms with van der Waals surface area (Å²) in [4.78, 5) is 10.8. The zero-order valence-corrected chi connectivity index (χ0v) is 5.82. The van der Waals surface area contributed by atoms with Gasteiger partial charge in [-0.05, 0) is 0 Å². The molecule has 0 radical (unpaired) electrons. The van der Waals surface area contributed by atoms with Gasteiger partial charge in [0.25, 0.3) is 0 Å². The van der Waals surface area contributed by atoms with Crippen molar-refractivity contribution in [1.29, 1.82) is 0 Å². The van der Waals surface area contributed by atoms with Gasteiger partial charge in [0, 0.05) is 5.41 Å². The largest absolute Gasteiger partial charge is 0.351 e. The minimum absolute atomic E-state index is 0.193. The highest BCUT2D eigenvalue weighted by Gasteiger charge is 2.20. The Morgan fingerprint density at radius 1 is 1.50 bits per heavy atom. The van der Waals surface area contributed by atoms with Crippen molar-refractivity contribution in [2.75, 3.05) is 6.54 Å². The number of carbonyl (C=O) groups excluding carboxylic acids is 1. The molecule has 0 heterocycles. The van der Waals surface area contributed by atoms with Crippen molar-refractivity contribution in [3.05, 3.63) is 0 Å². The van der Waals surface area contributed by atoms with Crippen molar-refractivity contribution in [2.24, 2.45) is 5.41 Å². The highest BCUT2D eigenvalue weighted by Crippen LogP contribution is 2.12. The van der Waals surface area contributed by atoms with Crippen molar-refractivity contribution >= 4 is 5.78 Å². The van der Waals surface area contributed by atoms with E-state index in [-0.39, 0.29) is 11.2 Å². The van der Waals surface area contributed by atoms with Crippen LogP contribution in [0.1, 0.15) is 20.8 Å². The third-order valence-corrected chi connectivity index (χ3v) is 1.06. The van der Waals surface area contributed by atoms with E-state index in [0.717, 1.165) is 0 Å². The summed E-state index contributed by atoms with van der Waals surface area (Å²) in [5.41, 5.74) is 3.31. The molecule has 0 aromatic carbocycles. The van der Waals surface area contributed by atoms with Gasteiger partial charge in [-0.1, -0.05) is 20.8 Å². The third-order valence-electron chi connectivity index (χ3n) is 1.06. The highest BCUT2D eigenvalue weighted by molar-refractivity contribution is 5.84. The number of carbonyl (C=O) groups is 1. The lowest BCUT2D eigenvalue weighted by molar-refractivity contribution is -0.356. The molecule has 48 valence electrons. The molecule has 0 amide bonds. The minimum Gasteiger partial charge on any atom is -0.351 e. The second-order valence-electron chi connectivity index (χ2n) is 2.92. The Labute approximate surface area is 50.1 Å². The lowest BCUT2D eigenvalue weighted by Crippen LogP contribution is -2.56. The van der Waals surface area contributed by atoms with Crippen LogP contribution in [0.25, 0.3) is 0 Å². The molecule has 2 heteroatoms. The molecule has 0 atom stereocenters. The fraction of sp³-hybridized carbons (Fsp3) is 0.833. The molecule has 0 aliphatic rings. The predicted octanol–water partition coefficient (Wildman–Crippen LogP) is -0.156. The summed E-state index contributed by atoms with van der Waals surface area (Å²) in [5, 5.41) is 0. The normalized spacial score (nSPS) is 11.5. The smallest absolute Gasteiger partial charge is 0.191 e. The first-order valence-electron chi connectivity index (χ1n) is 2.81. The number of quaternary nitrogens is 1. The van der Waals surface area contributed by atoms with Crippen LogP contribution in [-0.4, -0.2) is 12.3 Å². The molecule has 8 heavy (non-hydrogen) atoms. The second-order valence-corrected chi connectivity index (χ2v) is 2.92. The molecule has 2 nitrogen and oxygen atoms in total. The Morgan fingerprint density at radius 3 is 1.88 bits per heavy atom. The second kappa shape index (κ2) is 2.27. The number of rotatable bonds is 1. The Bertz CT molecular complexity index is 91.2. The van der Waals surface area contributed by atoms with Crippen molar-refractivity contribution in [3.63, 3.8) is 0 Å². The topological polar surface area (TPSA) is 44.7 Å². The van der Waals surface area contributed by atoms with Crippen molar-refractivity contribution in [1.82, 2.24) is 0 Å². The van der Waals surface area contributed by atoms with Gasteiger partial charge in [0.15, 0.2) is 5.78 Å². The molecule has 0 aromatic heterocycles. The molecule has 0 unspecified atom stereocenters. The number of Topliss-reactive ketones (excluding diaryl/α,β-unsaturated/α-hetero) is 1. The molecular formula is C6H14NO+. The first-order chi connectivity index (χ1) is 3.48. The van der Waals surface area contributed by atoms with Crippen LogP contribution in [-0.2, 0) is 4.79 Å². The average Bonchev–Trinajstić information content (AvgIpc) is 1.62. The minimum atomic E-state index is -0.193.